The number of amides is 3. The van der Waals surface area contributed by atoms with Crippen LogP contribution < -0.4 is 16.4 Å². The van der Waals surface area contributed by atoms with Crippen molar-refractivity contribution in [2.24, 2.45) is 17.6 Å². The van der Waals surface area contributed by atoms with Crippen LogP contribution in [-0.4, -0.2) is 54.3 Å². The number of rotatable bonds is 15. The predicted octanol–water partition coefficient (Wildman–Crippen LogP) is 5.48. The van der Waals surface area contributed by atoms with Crippen LogP contribution in [0.5, 0.6) is 0 Å². The van der Waals surface area contributed by atoms with E-state index in [1.54, 1.807) is 36.4 Å². The molecule has 0 heterocycles. The van der Waals surface area contributed by atoms with E-state index in [4.69, 9.17) is 5.73 Å². The van der Waals surface area contributed by atoms with E-state index >= 15 is 0 Å². The highest BCUT2D eigenvalue weighted by atomic mass is 19.1. The van der Waals surface area contributed by atoms with Gasteiger partial charge in [0.15, 0.2) is 0 Å². The third kappa shape index (κ3) is 10.2. The van der Waals surface area contributed by atoms with E-state index in [-0.39, 0.29) is 29.5 Å². The molecular formula is C34H49FN4O3. The van der Waals surface area contributed by atoms with Crippen molar-refractivity contribution < 1.29 is 18.8 Å². The van der Waals surface area contributed by atoms with Gasteiger partial charge in [0, 0.05) is 48.8 Å². The van der Waals surface area contributed by atoms with Crippen molar-refractivity contribution in [3.8, 4) is 0 Å². The van der Waals surface area contributed by atoms with E-state index in [1.807, 2.05) is 25.7 Å². The molecule has 3 atom stereocenters. The first-order chi connectivity index (χ1) is 20.2. The molecule has 3 rings (SSSR count). The molecule has 42 heavy (non-hydrogen) atoms. The molecule has 0 saturated heterocycles. The molecule has 230 valence electrons. The number of benzene rings is 2. The minimum absolute atomic E-state index is 0.0298. The molecular weight excluding hydrogens is 531 g/mol. The Morgan fingerprint density at radius 2 is 1.62 bits per heavy atom. The maximum absolute atomic E-state index is 13.6. The monoisotopic (exact) mass is 580 g/mol. The molecule has 0 spiro atoms. The number of hydrogen-bond donors (Lipinski definition) is 3. The molecule has 1 aliphatic carbocycles. The van der Waals surface area contributed by atoms with Crippen molar-refractivity contribution in [1.29, 1.82) is 0 Å². The summed E-state index contributed by atoms with van der Waals surface area (Å²) in [6.07, 6.45) is 8.49. The summed E-state index contributed by atoms with van der Waals surface area (Å²) >= 11 is 0. The summed E-state index contributed by atoms with van der Waals surface area (Å²) in [4.78, 5) is 41.3. The van der Waals surface area contributed by atoms with Gasteiger partial charge in [-0.2, -0.15) is 0 Å². The van der Waals surface area contributed by atoms with Crippen molar-refractivity contribution >= 4 is 17.7 Å². The molecule has 1 aliphatic rings. The summed E-state index contributed by atoms with van der Waals surface area (Å²) in [5.41, 5.74) is 8.31. The fraction of sp³-hybridized carbons (Fsp3) is 0.559. The van der Waals surface area contributed by atoms with Gasteiger partial charge in [-0.1, -0.05) is 58.2 Å². The molecule has 0 radical (unpaired) electrons. The lowest BCUT2D eigenvalue weighted by molar-refractivity contribution is -0.125. The Balaban J connectivity index is 1.71. The molecule has 2 aromatic carbocycles. The minimum Gasteiger partial charge on any atom is -0.356 e. The van der Waals surface area contributed by atoms with Gasteiger partial charge in [-0.3, -0.25) is 14.4 Å². The predicted molar refractivity (Wildman–Crippen MR) is 166 cm³/mol. The zero-order chi connectivity index (χ0) is 30.5. The Morgan fingerprint density at radius 3 is 2.26 bits per heavy atom. The second-order valence-electron chi connectivity index (χ2n) is 11.8. The van der Waals surface area contributed by atoms with Gasteiger partial charge in [-0.25, -0.2) is 4.39 Å². The second-order valence-corrected chi connectivity index (χ2v) is 11.8. The lowest BCUT2D eigenvalue weighted by Crippen LogP contribution is -2.50. The quantitative estimate of drug-likeness (QED) is 0.260. The summed E-state index contributed by atoms with van der Waals surface area (Å²) < 4.78 is 13.6. The van der Waals surface area contributed by atoms with Crippen molar-refractivity contribution in [3.63, 3.8) is 0 Å². The fourth-order valence-corrected chi connectivity index (χ4v) is 5.76. The number of hydrogen-bond acceptors (Lipinski definition) is 4. The SMILES string of the molecule is CCCN(CCC)C(=O)c1cccc(C(=O)N[C@@H](Cc2ccc(F)cc2)[C@@H](N)C[C@@H](C)C(=O)NCC2CCCCC2)c1. The van der Waals surface area contributed by atoms with E-state index in [0.717, 1.165) is 31.2 Å². The number of halogens is 1. The van der Waals surface area contributed by atoms with E-state index < -0.39 is 12.1 Å². The van der Waals surface area contributed by atoms with Gasteiger partial charge < -0.3 is 21.3 Å². The fourth-order valence-electron chi connectivity index (χ4n) is 5.76. The minimum atomic E-state index is -0.524. The molecule has 0 unspecified atom stereocenters. The molecule has 4 N–H and O–H groups in total. The van der Waals surface area contributed by atoms with Crippen molar-refractivity contribution in [2.75, 3.05) is 19.6 Å². The van der Waals surface area contributed by atoms with E-state index in [1.165, 1.54) is 31.4 Å². The third-order valence-corrected chi connectivity index (χ3v) is 8.21. The zero-order valence-electron chi connectivity index (χ0n) is 25.5. The molecule has 7 nitrogen and oxygen atoms in total. The number of nitrogens with zero attached hydrogens (tertiary/aromatic N) is 1. The van der Waals surface area contributed by atoms with Crippen LogP contribution in [0.4, 0.5) is 4.39 Å². The largest absolute Gasteiger partial charge is 0.356 e. The average Bonchev–Trinajstić information content (AvgIpc) is 3.00. The Labute approximate surface area is 250 Å². The van der Waals surface area contributed by atoms with Crippen molar-refractivity contribution in [3.05, 3.63) is 71.0 Å². The summed E-state index contributed by atoms with van der Waals surface area (Å²) in [6.45, 7) is 7.93. The highest BCUT2D eigenvalue weighted by Crippen LogP contribution is 2.23. The Hall–Kier alpha value is -3.26. The number of carbonyl (C=O) groups excluding carboxylic acids is 3. The molecule has 1 fully saturated rings. The first-order valence-electron chi connectivity index (χ1n) is 15.7. The molecule has 0 aliphatic heterocycles. The van der Waals surface area contributed by atoms with E-state index in [9.17, 15) is 18.8 Å². The van der Waals surface area contributed by atoms with Crippen LogP contribution in [0.1, 0.15) is 98.4 Å². The highest BCUT2D eigenvalue weighted by molar-refractivity contribution is 5.99. The van der Waals surface area contributed by atoms with Crippen molar-refractivity contribution in [1.82, 2.24) is 15.5 Å². The van der Waals surface area contributed by atoms with E-state index in [0.29, 0.717) is 49.5 Å². The topological polar surface area (TPSA) is 105 Å². The smallest absolute Gasteiger partial charge is 0.253 e. The Kier molecular flexibility index (Phi) is 13.5. The Bertz CT molecular complexity index is 1140. The summed E-state index contributed by atoms with van der Waals surface area (Å²) in [5, 5.41) is 6.16. The van der Waals surface area contributed by atoms with Crippen LogP contribution in [0.15, 0.2) is 48.5 Å². The lowest BCUT2D eigenvalue weighted by atomic mass is 9.89. The van der Waals surface area contributed by atoms with Gasteiger partial charge in [-0.15, -0.1) is 0 Å². The summed E-state index contributed by atoms with van der Waals surface area (Å²) in [5.74, 6) is -0.612. The first-order valence-corrected chi connectivity index (χ1v) is 15.7. The number of nitrogens with one attached hydrogen (secondary N) is 2. The first kappa shape index (κ1) is 33.2. The molecule has 8 heteroatoms. The number of carbonyl (C=O) groups is 3. The summed E-state index contributed by atoms with van der Waals surface area (Å²) in [6, 6.07) is 11.8. The maximum atomic E-state index is 13.6. The molecule has 1 saturated carbocycles. The lowest BCUT2D eigenvalue weighted by Gasteiger charge is -2.28. The van der Waals surface area contributed by atoms with Gasteiger partial charge in [0.1, 0.15) is 5.82 Å². The number of nitrogens with two attached hydrogens (primary N) is 1. The van der Waals surface area contributed by atoms with Crippen LogP contribution in [0, 0.1) is 17.7 Å². The average molecular weight is 581 g/mol. The second kappa shape index (κ2) is 17.0. The standard InChI is InChI=1S/C34H49FN4O3/c1-4-18-39(19-5-2)34(42)28-13-9-12-27(22-28)33(41)38-31(21-25-14-16-29(35)17-15-25)30(36)20-24(3)32(40)37-23-26-10-7-6-8-11-26/h9,12-17,22,24,26,30-31H,4-8,10-11,18-21,23,36H2,1-3H3,(H,37,40)(H,38,41)/t24-,30+,31+/m1/s1. The molecule has 0 aromatic heterocycles. The van der Waals surface area contributed by atoms with Gasteiger partial charge >= 0.3 is 0 Å². The normalized spacial score (nSPS) is 15.8. The van der Waals surface area contributed by atoms with Crippen LogP contribution in [0.2, 0.25) is 0 Å². The van der Waals surface area contributed by atoms with Gasteiger partial charge in [-0.05, 0) is 80.3 Å². The highest BCUT2D eigenvalue weighted by Gasteiger charge is 2.26. The summed E-state index contributed by atoms with van der Waals surface area (Å²) in [7, 11) is 0. The van der Waals surface area contributed by atoms with Crippen LogP contribution in [-0.2, 0) is 11.2 Å². The van der Waals surface area contributed by atoms with Crippen LogP contribution in [0.25, 0.3) is 0 Å². The zero-order valence-corrected chi connectivity index (χ0v) is 25.5. The van der Waals surface area contributed by atoms with Crippen molar-refractivity contribution in [2.45, 2.75) is 90.6 Å². The van der Waals surface area contributed by atoms with Gasteiger partial charge in [0.2, 0.25) is 5.91 Å². The van der Waals surface area contributed by atoms with Gasteiger partial charge in [0.05, 0.1) is 0 Å². The Morgan fingerprint density at radius 1 is 0.976 bits per heavy atom. The molecule has 0 bridgehead atoms. The maximum Gasteiger partial charge on any atom is 0.253 e. The van der Waals surface area contributed by atoms with Crippen LogP contribution in [0.3, 0.4) is 0 Å². The molecule has 2 aromatic rings. The van der Waals surface area contributed by atoms with Gasteiger partial charge in [0.25, 0.3) is 11.8 Å². The molecule has 3 amide bonds. The third-order valence-electron chi connectivity index (χ3n) is 8.21. The van der Waals surface area contributed by atoms with E-state index in [2.05, 4.69) is 10.6 Å². The van der Waals surface area contributed by atoms with Crippen LogP contribution >= 0.6 is 0 Å².